The lowest BCUT2D eigenvalue weighted by atomic mass is 9.49. The maximum atomic E-state index is 12.3. The zero-order valence-corrected chi connectivity index (χ0v) is 14.4. The van der Waals surface area contributed by atoms with Gasteiger partial charge in [0.2, 0.25) is 11.8 Å². The van der Waals surface area contributed by atoms with E-state index in [9.17, 15) is 14.4 Å². The molecule has 0 aromatic heterocycles. The molecule has 0 radical (unpaired) electrons. The minimum Gasteiger partial charge on any atom is -0.469 e. The molecule has 0 atom stereocenters. The second kappa shape index (κ2) is 7.11. The predicted molar refractivity (Wildman–Crippen MR) is 87.9 cm³/mol. The second-order valence-corrected chi connectivity index (χ2v) is 8.05. The number of ether oxygens (including phenoxy) is 1. The van der Waals surface area contributed by atoms with Crippen LogP contribution in [-0.4, -0.2) is 38.0 Å². The lowest BCUT2D eigenvalue weighted by molar-refractivity contribution is -0.140. The normalized spacial score (nSPS) is 33.1. The predicted octanol–water partition coefficient (Wildman–Crippen LogP) is 1.39. The Morgan fingerprint density at radius 2 is 1.54 bits per heavy atom. The van der Waals surface area contributed by atoms with Gasteiger partial charge < -0.3 is 15.4 Å². The molecule has 2 N–H and O–H groups in total. The van der Waals surface area contributed by atoms with Crippen LogP contribution in [0.15, 0.2) is 0 Å². The third kappa shape index (κ3) is 4.08. The molecule has 4 bridgehead atoms. The van der Waals surface area contributed by atoms with E-state index in [1.165, 1.54) is 45.6 Å². The SMILES string of the molecule is COC(=O)CCNC(=O)CNC(=O)CC12CC3CC(CC(C3)C1)C2. The van der Waals surface area contributed by atoms with Crippen molar-refractivity contribution in [3.8, 4) is 0 Å². The van der Waals surface area contributed by atoms with Crippen LogP contribution >= 0.6 is 0 Å². The van der Waals surface area contributed by atoms with E-state index in [0.29, 0.717) is 6.42 Å². The third-order valence-electron chi connectivity index (χ3n) is 6.03. The molecule has 4 saturated carbocycles. The zero-order valence-electron chi connectivity index (χ0n) is 14.4. The van der Waals surface area contributed by atoms with Crippen LogP contribution in [0.4, 0.5) is 0 Å². The summed E-state index contributed by atoms with van der Waals surface area (Å²) in [6, 6.07) is 0. The molecule has 4 aliphatic carbocycles. The molecule has 24 heavy (non-hydrogen) atoms. The third-order valence-corrected chi connectivity index (χ3v) is 6.03. The first kappa shape index (κ1) is 17.2. The molecule has 0 aromatic rings. The zero-order chi connectivity index (χ0) is 17.2. The first-order valence-electron chi connectivity index (χ1n) is 9.08. The van der Waals surface area contributed by atoms with Crippen molar-refractivity contribution in [2.24, 2.45) is 23.2 Å². The fraction of sp³-hybridized carbons (Fsp3) is 0.833. The molecule has 0 unspecified atom stereocenters. The Balaban J connectivity index is 1.38. The number of methoxy groups -OCH3 is 1. The van der Waals surface area contributed by atoms with Gasteiger partial charge in [-0.3, -0.25) is 14.4 Å². The minimum atomic E-state index is -0.360. The standard InChI is InChI=1S/C18H28N2O4/c1-24-17(23)2-3-19-16(22)11-20-15(21)10-18-7-12-4-13(8-18)6-14(5-12)9-18/h12-14H,2-11H2,1H3,(H,19,22)(H,20,21). The molecule has 0 aliphatic heterocycles. The quantitative estimate of drug-likeness (QED) is 0.688. The van der Waals surface area contributed by atoms with Crippen LogP contribution < -0.4 is 10.6 Å². The topological polar surface area (TPSA) is 84.5 Å². The van der Waals surface area contributed by atoms with Gasteiger partial charge in [0.1, 0.15) is 0 Å². The summed E-state index contributed by atoms with van der Waals surface area (Å²) in [6.07, 6.45) is 8.37. The highest BCUT2D eigenvalue weighted by atomic mass is 16.5. The van der Waals surface area contributed by atoms with Crippen molar-refractivity contribution >= 4 is 17.8 Å². The van der Waals surface area contributed by atoms with Crippen LogP contribution in [0.25, 0.3) is 0 Å². The monoisotopic (exact) mass is 336 g/mol. The lowest BCUT2D eigenvalue weighted by Crippen LogP contribution is -2.48. The van der Waals surface area contributed by atoms with Crippen molar-refractivity contribution in [3.05, 3.63) is 0 Å². The van der Waals surface area contributed by atoms with Gasteiger partial charge in [0, 0.05) is 13.0 Å². The molecule has 0 saturated heterocycles. The van der Waals surface area contributed by atoms with Crippen molar-refractivity contribution < 1.29 is 19.1 Å². The molecule has 134 valence electrons. The average molecular weight is 336 g/mol. The maximum Gasteiger partial charge on any atom is 0.307 e. The van der Waals surface area contributed by atoms with Crippen LogP contribution in [-0.2, 0) is 19.1 Å². The maximum absolute atomic E-state index is 12.3. The highest BCUT2D eigenvalue weighted by molar-refractivity contribution is 5.85. The van der Waals surface area contributed by atoms with E-state index >= 15 is 0 Å². The van der Waals surface area contributed by atoms with E-state index in [2.05, 4.69) is 15.4 Å². The molecule has 2 amide bonds. The van der Waals surface area contributed by atoms with E-state index in [0.717, 1.165) is 17.8 Å². The second-order valence-electron chi connectivity index (χ2n) is 8.05. The molecular formula is C18H28N2O4. The fourth-order valence-corrected chi connectivity index (χ4v) is 5.56. The van der Waals surface area contributed by atoms with Crippen molar-refractivity contribution in [1.82, 2.24) is 10.6 Å². The molecule has 0 heterocycles. The molecule has 4 aliphatic rings. The highest BCUT2D eigenvalue weighted by Gasteiger charge is 2.51. The Morgan fingerprint density at radius 3 is 2.08 bits per heavy atom. The van der Waals surface area contributed by atoms with Gasteiger partial charge in [0.15, 0.2) is 0 Å². The molecule has 0 spiro atoms. The molecular weight excluding hydrogens is 308 g/mol. The largest absolute Gasteiger partial charge is 0.469 e. The number of esters is 1. The van der Waals surface area contributed by atoms with E-state index in [1.54, 1.807) is 0 Å². The van der Waals surface area contributed by atoms with Crippen LogP contribution in [0, 0.1) is 23.2 Å². The Labute approximate surface area is 143 Å². The summed E-state index contributed by atoms with van der Waals surface area (Å²) in [4.78, 5) is 35.0. The average Bonchev–Trinajstić information content (AvgIpc) is 2.51. The summed E-state index contributed by atoms with van der Waals surface area (Å²) in [7, 11) is 1.31. The van der Waals surface area contributed by atoms with Gasteiger partial charge in [-0.25, -0.2) is 0 Å². The number of carbonyl (C=O) groups is 3. The Kier molecular flexibility index (Phi) is 5.11. The van der Waals surface area contributed by atoms with Gasteiger partial charge >= 0.3 is 5.97 Å². The van der Waals surface area contributed by atoms with Crippen molar-refractivity contribution in [3.63, 3.8) is 0 Å². The number of hydrogen-bond donors (Lipinski definition) is 2. The van der Waals surface area contributed by atoms with Crippen LogP contribution in [0.3, 0.4) is 0 Å². The first-order valence-corrected chi connectivity index (χ1v) is 9.08. The van der Waals surface area contributed by atoms with Crippen LogP contribution in [0.5, 0.6) is 0 Å². The number of rotatable bonds is 7. The van der Waals surface area contributed by atoms with E-state index in [-0.39, 0.29) is 42.7 Å². The van der Waals surface area contributed by atoms with Crippen LogP contribution in [0.2, 0.25) is 0 Å². The van der Waals surface area contributed by atoms with Gasteiger partial charge in [0.05, 0.1) is 20.1 Å². The molecule has 0 aromatic carbocycles. The van der Waals surface area contributed by atoms with Crippen molar-refractivity contribution in [1.29, 1.82) is 0 Å². The van der Waals surface area contributed by atoms with Crippen molar-refractivity contribution in [2.75, 3.05) is 20.2 Å². The number of amides is 2. The van der Waals surface area contributed by atoms with E-state index in [4.69, 9.17) is 0 Å². The molecule has 6 nitrogen and oxygen atoms in total. The minimum absolute atomic E-state index is 0.0138. The van der Waals surface area contributed by atoms with Gasteiger partial charge in [0.25, 0.3) is 0 Å². The smallest absolute Gasteiger partial charge is 0.307 e. The van der Waals surface area contributed by atoms with Crippen LogP contribution in [0.1, 0.15) is 51.4 Å². The summed E-state index contributed by atoms with van der Waals surface area (Å²) in [6.45, 7) is 0.211. The Morgan fingerprint density at radius 1 is 0.958 bits per heavy atom. The summed E-state index contributed by atoms with van der Waals surface area (Å²) in [5.74, 6) is 1.83. The summed E-state index contributed by atoms with van der Waals surface area (Å²) < 4.78 is 4.50. The van der Waals surface area contributed by atoms with Gasteiger partial charge in [-0.05, 0) is 61.7 Å². The molecule has 4 rings (SSSR count). The number of carbonyl (C=O) groups excluding carboxylic acids is 3. The summed E-state index contributed by atoms with van der Waals surface area (Å²) >= 11 is 0. The fourth-order valence-electron chi connectivity index (χ4n) is 5.56. The molecule has 4 fully saturated rings. The molecule has 6 heteroatoms. The number of hydrogen-bond acceptors (Lipinski definition) is 4. The Hall–Kier alpha value is -1.59. The van der Waals surface area contributed by atoms with Crippen molar-refractivity contribution in [2.45, 2.75) is 51.4 Å². The highest BCUT2D eigenvalue weighted by Crippen LogP contribution is 2.61. The lowest BCUT2D eigenvalue weighted by Gasteiger charge is -2.56. The first-order chi connectivity index (χ1) is 11.5. The summed E-state index contributed by atoms with van der Waals surface area (Å²) in [5.41, 5.74) is 0.195. The van der Waals surface area contributed by atoms with Gasteiger partial charge in [-0.1, -0.05) is 0 Å². The van der Waals surface area contributed by atoms with E-state index in [1.807, 2.05) is 0 Å². The van der Waals surface area contributed by atoms with E-state index < -0.39 is 0 Å². The number of nitrogens with one attached hydrogen (secondary N) is 2. The summed E-state index contributed by atoms with van der Waals surface area (Å²) in [5, 5.41) is 5.35. The Bertz CT molecular complexity index is 482. The van der Waals surface area contributed by atoms with Gasteiger partial charge in [-0.2, -0.15) is 0 Å². The van der Waals surface area contributed by atoms with Gasteiger partial charge in [-0.15, -0.1) is 0 Å².